The Kier molecular flexibility index (Phi) is 5.22. The highest BCUT2D eigenvalue weighted by molar-refractivity contribution is 5.45. The van der Waals surface area contributed by atoms with Crippen LogP contribution in [0.4, 0.5) is 0 Å². The molecule has 0 aromatic heterocycles. The molecule has 1 fully saturated rings. The molecule has 2 heterocycles. The Morgan fingerprint density at radius 2 is 1.85 bits per heavy atom. The van der Waals surface area contributed by atoms with Crippen molar-refractivity contribution in [3.8, 4) is 5.75 Å². The Balaban J connectivity index is 1.62. The number of rotatable bonds is 5. The molecule has 1 unspecified atom stereocenters. The monoisotopic (exact) mass is 368 g/mol. The largest absolute Gasteiger partial charge is 0.496 e. The maximum atomic E-state index is 6.43. The van der Waals surface area contributed by atoms with Crippen LogP contribution < -0.4 is 4.74 Å². The molecule has 0 bridgehead atoms. The van der Waals surface area contributed by atoms with E-state index in [1.807, 2.05) is 12.1 Å². The summed E-state index contributed by atoms with van der Waals surface area (Å²) in [4.78, 5) is 0. The first kappa shape index (κ1) is 18.5. The van der Waals surface area contributed by atoms with Crippen molar-refractivity contribution in [1.29, 1.82) is 0 Å². The molecule has 4 rings (SSSR count). The van der Waals surface area contributed by atoms with Crippen LogP contribution in [0.5, 0.6) is 5.75 Å². The summed E-state index contributed by atoms with van der Waals surface area (Å²) in [6.07, 6.45) is 0.498. The van der Waals surface area contributed by atoms with Crippen LogP contribution >= 0.6 is 0 Å². The highest BCUT2D eigenvalue weighted by Crippen LogP contribution is 2.49. The van der Waals surface area contributed by atoms with Gasteiger partial charge in [-0.05, 0) is 43.0 Å². The number of hydrogen-bond acceptors (Lipinski definition) is 4. The second-order valence-corrected chi connectivity index (χ2v) is 7.41. The molecular formula is C23H28O4. The molecule has 4 heteroatoms. The molecular weight excluding hydrogens is 340 g/mol. The lowest BCUT2D eigenvalue weighted by Gasteiger charge is -2.35. The van der Waals surface area contributed by atoms with Gasteiger partial charge >= 0.3 is 0 Å². The molecule has 2 aliphatic heterocycles. The summed E-state index contributed by atoms with van der Waals surface area (Å²) >= 11 is 0. The minimum atomic E-state index is -0.154. The van der Waals surface area contributed by atoms with Gasteiger partial charge in [-0.2, -0.15) is 0 Å². The Labute approximate surface area is 161 Å². The Morgan fingerprint density at radius 1 is 1.04 bits per heavy atom. The van der Waals surface area contributed by atoms with Crippen molar-refractivity contribution in [1.82, 2.24) is 0 Å². The van der Waals surface area contributed by atoms with Crippen LogP contribution in [0.3, 0.4) is 0 Å². The minimum absolute atomic E-state index is 0.00656. The third kappa shape index (κ3) is 3.27. The molecule has 4 nitrogen and oxygen atoms in total. The topological polar surface area (TPSA) is 36.9 Å². The summed E-state index contributed by atoms with van der Waals surface area (Å²) in [6.45, 7) is 6.91. The van der Waals surface area contributed by atoms with Crippen LogP contribution in [0.1, 0.15) is 54.7 Å². The number of hydrogen-bond donors (Lipinski definition) is 0. The number of ether oxygens (including phenoxy) is 4. The van der Waals surface area contributed by atoms with Gasteiger partial charge in [0.05, 0.1) is 25.9 Å². The van der Waals surface area contributed by atoms with Gasteiger partial charge in [-0.1, -0.05) is 43.3 Å². The van der Waals surface area contributed by atoms with Crippen molar-refractivity contribution in [3.63, 3.8) is 0 Å². The van der Waals surface area contributed by atoms with E-state index >= 15 is 0 Å². The zero-order chi connectivity index (χ0) is 19.0. The highest BCUT2D eigenvalue weighted by atomic mass is 16.6. The fourth-order valence-electron chi connectivity index (χ4n) is 4.30. The van der Waals surface area contributed by atoms with Gasteiger partial charge in [-0.25, -0.2) is 0 Å². The van der Waals surface area contributed by atoms with Gasteiger partial charge in [-0.15, -0.1) is 0 Å². The van der Waals surface area contributed by atoms with Gasteiger partial charge < -0.3 is 18.9 Å². The molecule has 2 aliphatic rings. The van der Waals surface area contributed by atoms with Crippen LogP contribution in [0.25, 0.3) is 0 Å². The molecule has 0 saturated carbocycles. The van der Waals surface area contributed by atoms with E-state index in [-0.39, 0.29) is 30.5 Å². The smallest absolute Gasteiger partial charge is 0.125 e. The average Bonchev–Trinajstić information content (AvgIpc) is 3.04. The normalized spacial score (nSPS) is 29.3. The first-order valence-corrected chi connectivity index (χ1v) is 9.77. The van der Waals surface area contributed by atoms with Crippen LogP contribution in [0, 0.1) is 6.92 Å². The molecule has 0 amide bonds. The minimum Gasteiger partial charge on any atom is -0.496 e. The second-order valence-electron chi connectivity index (χ2n) is 7.41. The van der Waals surface area contributed by atoms with Gasteiger partial charge in [-0.3, -0.25) is 0 Å². The zero-order valence-corrected chi connectivity index (χ0v) is 16.5. The fourth-order valence-corrected chi connectivity index (χ4v) is 4.30. The molecule has 2 aromatic rings. The first-order chi connectivity index (χ1) is 13.1. The molecule has 1 saturated heterocycles. The van der Waals surface area contributed by atoms with Crippen molar-refractivity contribution >= 4 is 0 Å². The van der Waals surface area contributed by atoms with E-state index in [1.54, 1.807) is 7.11 Å². The van der Waals surface area contributed by atoms with E-state index in [0.717, 1.165) is 23.3 Å². The van der Waals surface area contributed by atoms with Crippen molar-refractivity contribution in [3.05, 3.63) is 64.7 Å². The van der Waals surface area contributed by atoms with E-state index in [2.05, 4.69) is 51.1 Å². The Bertz CT molecular complexity index is 803. The predicted octanol–water partition coefficient (Wildman–Crippen LogP) is 4.90. The van der Waals surface area contributed by atoms with Gasteiger partial charge in [0.2, 0.25) is 0 Å². The van der Waals surface area contributed by atoms with E-state index in [1.165, 1.54) is 11.1 Å². The van der Waals surface area contributed by atoms with Crippen molar-refractivity contribution in [2.24, 2.45) is 0 Å². The third-order valence-electron chi connectivity index (χ3n) is 5.81. The fraction of sp³-hybridized carbons (Fsp3) is 0.478. The third-order valence-corrected chi connectivity index (χ3v) is 5.81. The van der Waals surface area contributed by atoms with Gasteiger partial charge in [0.1, 0.15) is 24.1 Å². The molecule has 0 spiro atoms. The maximum absolute atomic E-state index is 6.43. The average molecular weight is 368 g/mol. The summed E-state index contributed by atoms with van der Waals surface area (Å²) in [5.74, 6) is 0.868. The van der Waals surface area contributed by atoms with E-state index < -0.39 is 0 Å². The standard InChI is InChI=1S/C23H28O4/c1-5-18-21(25-13-16-10-7-6-9-14(16)2)23-22(27-18)20-17(15(3)26-23)11-8-12-19(20)24-4/h6-12,15,18,21-23H,5,13H2,1-4H3/t15?,18-,21+,22-,23-/m1/s1. The number of fused-ring (bicyclic) bond motifs is 3. The number of aryl methyl sites for hydroxylation is 1. The lowest BCUT2D eigenvalue weighted by Crippen LogP contribution is -2.38. The molecule has 0 N–H and O–H groups in total. The summed E-state index contributed by atoms with van der Waals surface area (Å²) in [6, 6.07) is 14.5. The zero-order valence-electron chi connectivity index (χ0n) is 16.5. The lowest BCUT2D eigenvalue weighted by molar-refractivity contribution is -0.108. The summed E-state index contributed by atoms with van der Waals surface area (Å²) in [5, 5.41) is 0. The van der Waals surface area contributed by atoms with Gasteiger partial charge in [0, 0.05) is 5.56 Å². The SMILES string of the molecule is CC[C@H]1O[C@@H]2c3c(OC)cccc3C(C)O[C@@H]2[C@H]1OCc1ccccc1C. The van der Waals surface area contributed by atoms with E-state index in [4.69, 9.17) is 18.9 Å². The molecule has 0 radical (unpaired) electrons. The summed E-state index contributed by atoms with van der Waals surface area (Å²) in [7, 11) is 1.71. The molecule has 2 aromatic carbocycles. The van der Waals surface area contributed by atoms with E-state index in [9.17, 15) is 0 Å². The predicted molar refractivity (Wildman–Crippen MR) is 104 cm³/mol. The van der Waals surface area contributed by atoms with E-state index in [0.29, 0.717) is 6.61 Å². The van der Waals surface area contributed by atoms with Crippen molar-refractivity contribution < 1.29 is 18.9 Å². The maximum Gasteiger partial charge on any atom is 0.125 e. The van der Waals surface area contributed by atoms with Crippen LogP contribution in [0.15, 0.2) is 42.5 Å². The number of benzene rings is 2. The van der Waals surface area contributed by atoms with Gasteiger partial charge in [0.25, 0.3) is 0 Å². The highest BCUT2D eigenvalue weighted by Gasteiger charge is 2.51. The molecule has 0 aliphatic carbocycles. The quantitative estimate of drug-likeness (QED) is 0.752. The Morgan fingerprint density at radius 3 is 2.59 bits per heavy atom. The summed E-state index contributed by atoms with van der Waals surface area (Å²) < 4.78 is 24.9. The van der Waals surface area contributed by atoms with Crippen molar-refractivity contribution in [2.45, 2.75) is 64.3 Å². The molecule has 27 heavy (non-hydrogen) atoms. The van der Waals surface area contributed by atoms with Crippen LogP contribution in [0.2, 0.25) is 0 Å². The van der Waals surface area contributed by atoms with Gasteiger partial charge in [0.15, 0.2) is 0 Å². The Hall–Kier alpha value is -1.88. The first-order valence-electron chi connectivity index (χ1n) is 9.77. The molecule has 144 valence electrons. The lowest BCUT2D eigenvalue weighted by atomic mass is 9.90. The van der Waals surface area contributed by atoms with Crippen molar-refractivity contribution in [2.75, 3.05) is 7.11 Å². The van der Waals surface area contributed by atoms with Crippen LogP contribution in [-0.2, 0) is 20.8 Å². The molecule has 5 atom stereocenters. The van der Waals surface area contributed by atoms with Crippen LogP contribution in [-0.4, -0.2) is 25.4 Å². The summed E-state index contributed by atoms with van der Waals surface area (Å²) in [5.41, 5.74) is 4.71. The second kappa shape index (κ2) is 7.63. The number of methoxy groups -OCH3 is 1.